The predicted octanol–water partition coefficient (Wildman–Crippen LogP) is 5.58. The number of aromatic nitrogens is 5. The number of nitrogen functional groups attached to an aromatic ring is 1. The van der Waals surface area contributed by atoms with Crippen molar-refractivity contribution in [3.63, 3.8) is 0 Å². The molecule has 49 heavy (non-hydrogen) atoms. The normalized spacial score (nSPS) is 21.1. The van der Waals surface area contributed by atoms with Gasteiger partial charge in [0.05, 0.1) is 27.5 Å². The van der Waals surface area contributed by atoms with Gasteiger partial charge in [0.2, 0.25) is 0 Å². The summed E-state index contributed by atoms with van der Waals surface area (Å²) in [4.78, 5) is 31.7. The van der Waals surface area contributed by atoms with Crippen molar-refractivity contribution in [2.75, 3.05) is 50.1 Å². The van der Waals surface area contributed by atoms with Crippen molar-refractivity contribution in [3.05, 3.63) is 53.1 Å². The van der Waals surface area contributed by atoms with Gasteiger partial charge in [0.25, 0.3) is 0 Å². The maximum atomic E-state index is 17.0. The van der Waals surface area contributed by atoms with Crippen LogP contribution < -0.4 is 15.4 Å². The molecule has 2 atom stereocenters. The number of amides is 1. The lowest BCUT2D eigenvalue weighted by Crippen LogP contribution is -2.49. The fraction of sp³-hybridized carbons (Fsp3) is 0.375. The van der Waals surface area contributed by atoms with E-state index in [0.29, 0.717) is 32.5 Å². The van der Waals surface area contributed by atoms with Gasteiger partial charge in [0, 0.05) is 42.4 Å². The number of benzene rings is 2. The molecular formula is C32H28ClF3N10O2S. The Morgan fingerprint density at radius 1 is 1.22 bits per heavy atom. The van der Waals surface area contributed by atoms with Gasteiger partial charge >= 0.3 is 12.0 Å². The summed E-state index contributed by atoms with van der Waals surface area (Å²) in [6, 6.07) is 5.55. The lowest BCUT2D eigenvalue weighted by Gasteiger charge is -2.36. The first kappa shape index (κ1) is 31.5. The monoisotopic (exact) mass is 708 g/mol. The van der Waals surface area contributed by atoms with Crippen LogP contribution in [0.3, 0.4) is 0 Å². The maximum Gasteiger partial charge on any atom is 0.347 e. The number of alkyl halides is 1. The highest BCUT2D eigenvalue weighted by Crippen LogP contribution is 2.46. The van der Waals surface area contributed by atoms with Gasteiger partial charge in [-0.15, -0.1) is 11.3 Å². The first-order valence-electron chi connectivity index (χ1n) is 15.7. The minimum atomic E-state index is -0.974. The molecular weight excluding hydrogens is 681 g/mol. The van der Waals surface area contributed by atoms with Crippen molar-refractivity contribution < 1.29 is 22.7 Å². The number of halogens is 4. The average Bonchev–Trinajstić information content (AvgIpc) is 3.88. The number of carbonyl (C=O) groups excluding carboxylic acids is 1. The second-order valence-electron chi connectivity index (χ2n) is 12.5. The number of rotatable bonds is 5. The summed E-state index contributed by atoms with van der Waals surface area (Å²) in [5, 5.41) is 14.3. The Labute approximate surface area is 286 Å². The van der Waals surface area contributed by atoms with Crippen molar-refractivity contribution in [1.29, 1.82) is 5.26 Å². The first-order valence-corrected chi connectivity index (χ1v) is 16.9. The molecule has 0 saturated carbocycles. The topological polar surface area (TPSA) is 142 Å². The number of nitrogens with two attached hydrogens (primary N) is 1. The van der Waals surface area contributed by atoms with Crippen molar-refractivity contribution in [2.24, 2.45) is 0 Å². The predicted molar refractivity (Wildman–Crippen MR) is 177 cm³/mol. The SMILES string of the molecule is N#Cc1c(N)sc2c(F)ccc(-c3c(Cl)cc4c(N5CCCN(C(=O)n6cncn6)C5)nc(OC[C@@]56CCCN5C[C@H](F)C6)nc4c3F)c12. The lowest BCUT2D eigenvalue weighted by atomic mass is 9.95. The molecule has 3 aromatic heterocycles. The minimum Gasteiger partial charge on any atom is -0.461 e. The van der Waals surface area contributed by atoms with Crippen LogP contribution >= 0.6 is 22.9 Å². The van der Waals surface area contributed by atoms with Gasteiger partial charge in [-0.25, -0.2) is 22.9 Å². The van der Waals surface area contributed by atoms with Crippen molar-refractivity contribution in [3.8, 4) is 23.2 Å². The zero-order valence-electron chi connectivity index (χ0n) is 25.9. The number of ether oxygens (including phenoxy) is 1. The number of nitriles is 1. The summed E-state index contributed by atoms with van der Waals surface area (Å²) in [5.74, 6) is -1.16. The third-order valence-electron chi connectivity index (χ3n) is 9.65. The number of thiophene rings is 1. The smallest absolute Gasteiger partial charge is 0.347 e. The van der Waals surface area contributed by atoms with Gasteiger partial charge in [0.15, 0.2) is 5.82 Å². The Kier molecular flexibility index (Phi) is 7.73. The Morgan fingerprint density at radius 3 is 2.88 bits per heavy atom. The molecule has 0 radical (unpaired) electrons. The van der Waals surface area contributed by atoms with E-state index in [1.807, 2.05) is 6.07 Å². The van der Waals surface area contributed by atoms with E-state index in [1.165, 1.54) is 30.9 Å². The molecule has 0 bridgehead atoms. The van der Waals surface area contributed by atoms with E-state index in [1.54, 1.807) is 9.80 Å². The fourth-order valence-electron chi connectivity index (χ4n) is 7.45. The summed E-state index contributed by atoms with van der Waals surface area (Å²) in [6.07, 6.45) is 4.14. The van der Waals surface area contributed by atoms with E-state index < -0.39 is 29.4 Å². The Morgan fingerprint density at radius 2 is 2.08 bits per heavy atom. The van der Waals surface area contributed by atoms with Crippen LogP contribution in [0.15, 0.2) is 30.9 Å². The van der Waals surface area contributed by atoms with Crippen molar-refractivity contribution in [1.82, 2.24) is 34.5 Å². The highest BCUT2D eigenvalue weighted by atomic mass is 35.5. The van der Waals surface area contributed by atoms with Crippen LogP contribution in [-0.2, 0) is 0 Å². The number of nitrogens with zero attached hydrogens (tertiary/aromatic N) is 9. The van der Waals surface area contributed by atoms with Crippen LogP contribution in [0.2, 0.25) is 5.02 Å². The number of hydrogen-bond acceptors (Lipinski definition) is 11. The molecule has 6 heterocycles. The van der Waals surface area contributed by atoms with Crippen molar-refractivity contribution in [2.45, 2.75) is 37.4 Å². The molecule has 3 aliphatic heterocycles. The van der Waals surface area contributed by atoms with E-state index in [2.05, 4.69) is 20.0 Å². The van der Waals surface area contributed by atoms with E-state index in [-0.39, 0.29) is 72.8 Å². The van der Waals surface area contributed by atoms with Gasteiger partial charge < -0.3 is 20.3 Å². The molecule has 0 spiro atoms. The second-order valence-corrected chi connectivity index (χ2v) is 14.0. The molecule has 252 valence electrons. The van der Waals surface area contributed by atoms with Gasteiger partial charge in [-0.2, -0.15) is 25.0 Å². The van der Waals surface area contributed by atoms with Crippen LogP contribution in [0, 0.1) is 23.0 Å². The van der Waals surface area contributed by atoms with Gasteiger partial charge in [-0.3, -0.25) is 4.90 Å². The molecule has 17 heteroatoms. The first-order chi connectivity index (χ1) is 23.7. The fourth-order valence-corrected chi connectivity index (χ4v) is 8.69. The lowest BCUT2D eigenvalue weighted by molar-refractivity contribution is 0.107. The molecule has 3 saturated heterocycles. The van der Waals surface area contributed by atoms with E-state index >= 15 is 4.39 Å². The molecule has 5 aromatic rings. The van der Waals surface area contributed by atoms with E-state index in [0.717, 1.165) is 35.4 Å². The highest BCUT2D eigenvalue weighted by molar-refractivity contribution is 7.23. The third kappa shape index (κ3) is 5.18. The molecule has 0 aliphatic carbocycles. The van der Waals surface area contributed by atoms with E-state index in [9.17, 15) is 18.8 Å². The Balaban J connectivity index is 1.26. The van der Waals surface area contributed by atoms with Crippen LogP contribution in [0.4, 0.5) is 28.8 Å². The zero-order valence-corrected chi connectivity index (χ0v) is 27.4. The summed E-state index contributed by atoms with van der Waals surface area (Å²) in [7, 11) is 0. The third-order valence-corrected chi connectivity index (χ3v) is 11.0. The molecule has 12 nitrogen and oxygen atoms in total. The quantitative estimate of drug-likeness (QED) is 0.246. The van der Waals surface area contributed by atoms with Crippen LogP contribution in [0.25, 0.3) is 32.1 Å². The number of anilines is 2. The summed E-state index contributed by atoms with van der Waals surface area (Å²) < 4.78 is 53.9. The van der Waals surface area contributed by atoms with Crippen molar-refractivity contribution >= 4 is 60.8 Å². The molecule has 8 rings (SSSR count). The Hall–Kier alpha value is -4.72. The zero-order chi connectivity index (χ0) is 34.0. The van der Waals surface area contributed by atoms with Crippen LogP contribution in [0.1, 0.15) is 31.2 Å². The van der Waals surface area contributed by atoms with Crippen LogP contribution in [-0.4, -0.2) is 91.7 Å². The van der Waals surface area contributed by atoms with Gasteiger partial charge in [-0.1, -0.05) is 17.7 Å². The van der Waals surface area contributed by atoms with Gasteiger partial charge in [-0.05, 0) is 43.5 Å². The second kappa shape index (κ2) is 12.0. The minimum absolute atomic E-state index is 0.0195. The Bertz CT molecular complexity index is 2180. The number of hydrogen-bond donors (Lipinski definition) is 1. The molecule has 1 amide bonds. The largest absolute Gasteiger partial charge is 0.461 e. The molecule has 3 fully saturated rings. The summed E-state index contributed by atoms with van der Waals surface area (Å²) in [6.45, 7) is 2.19. The summed E-state index contributed by atoms with van der Waals surface area (Å²) >= 11 is 7.72. The maximum absolute atomic E-state index is 17.0. The summed E-state index contributed by atoms with van der Waals surface area (Å²) in [5.41, 5.74) is 5.51. The standard InChI is InChI=1S/C32H28ClF3N10O2S/c33-21-9-19-26(25(36)24(21)18-3-4-22(35)27-23(18)20(11-37)28(38)49-27)41-30(48-13-32-5-1-8-45(32)12-17(34)10-32)42-29(19)43-6-2-7-44(16-43)31(47)46-15-39-14-40-46/h3-4,9,14-15,17H,1-2,5-8,10,12-13,16,38H2/t17-,32+/m1/s1. The molecule has 2 N–H and O–H groups in total. The number of fused-ring (bicyclic) bond motifs is 3. The van der Waals surface area contributed by atoms with E-state index in [4.69, 9.17) is 27.1 Å². The van der Waals surface area contributed by atoms with Crippen LogP contribution in [0.5, 0.6) is 6.01 Å². The highest BCUT2D eigenvalue weighted by Gasteiger charge is 2.49. The van der Waals surface area contributed by atoms with Gasteiger partial charge in [0.1, 0.15) is 53.7 Å². The molecule has 0 unspecified atom stereocenters. The molecule has 2 aromatic carbocycles. The average molecular weight is 709 g/mol. The molecule has 3 aliphatic rings. The number of carbonyl (C=O) groups is 1.